The van der Waals surface area contributed by atoms with Gasteiger partial charge in [0.15, 0.2) is 0 Å². The second-order valence-corrected chi connectivity index (χ2v) is 6.12. The highest BCUT2D eigenvalue weighted by atomic mass is 32.1. The minimum absolute atomic E-state index is 0.0253. The molecule has 4 nitrogen and oxygen atoms in total. The fourth-order valence-electron chi connectivity index (χ4n) is 2.35. The first-order valence-corrected chi connectivity index (χ1v) is 7.57. The van der Waals surface area contributed by atoms with Gasteiger partial charge in [0.25, 0.3) is 0 Å². The van der Waals surface area contributed by atoms with E-state index in [0.717, 1.165) is 21.4 Å². The van der Waals surface area contributed by atoms with Crippen LogP contribution in [-0.2, 0) is 9.53 Å². The van der Waals surface area contributed by atoms with E-state index in [-0.39, 0.29) is 18.4 Å². The number of benzene rings is 1. The molecule has 1 fully saturated rings. The molecule has 2 heterocycles. The van der Waals surface area contributed by atoms with Gasteiger partial charge in [-0.25, -0.2) is 0 Å². The molecule has 0 spiro atoms. The topological polar surface area (TPSA) is 58.6 Å². The molecule has 2 N–H and O–H groups in total. The molecule has 1 aromatic carbocycles. The molecular weight excluding hydrogens is 274 g/mol. The van der Waals surface area contributed by atoms with Crippen molar-refractivity contribution in [2.75, 3.05) is 19.8 Å². The number of aliphatic hydroxyl groups is 1. The molecule has 1 amide bonds. The molecule has 2 unspecified atom stereocenters. The molecular formula is C15H17NO3S. The Morgan fingerprint density at radius 2 is 2.35 bits per heavy atom. The van der Waals surface area contributed by atoms with Crippen LogP contribution in [0.4, 0.5) is 0 Å². The highest BCUT2D eigenvalue weighted by molar-refractivity contribution is 7.19. The van der Waals surface area contributed by atoms with Crippen LogP contribution in [0, 0.1) is 5.92 Å². The van der Waals surface area contributed by atoms with Crippen molar-refractivity contribution in [1.82, 2.24) is 5.32 Å². The fraction of sp³-hybridized carbons (Fsp3) is 0.400. The Morgan fingerprint density at radius 1 is 1.50 bits per heavy atom. The Kier molecular flexibility index (Phi) is 4.00. The Balaban J connectivity index is 1.60. The van der Waals surface area contributed by atoms with E-state index < -0.39 is 6.10 Å². The van der Waals surface area contributed by atoms with Gasteiger partial charge in [0.05, 0.1) is 12.5 Å². The number of rotatable bonds is 4. The van der Waals surface area contributed by atoms with Gasteiger partial charge >= 0.3 is 0 Å². The lowest BCUT2D eigenvalue weighted by Crippen LogP contribution is -2.33. The molecule has 5 heteroatoms. The highest BCUT2D eigenvalue weighted by Gasteiger charge is 2.24. The average Bonchev–Trinajstić information content (AvgIpc) is 3.12. The van der Waals surface area contributed by atoms with E-state index in [1.165, 1.54) is 0 Å². The third kappa shape index (κ3) is 2.85. The van der Waals surface area contributed by atoms with Crippen LogP contribution in [0.2, 0.25) is 0 Å². The average molecular weight is 291 g/mol. The molecule has 1 aliphatic rings. The van der Waals surface area contributed by atoms with Crippen LogP contribution < -0.4 is 5.32 Å². The molecule has 2 aromatic rings. The zero-order chi connectivity index (χ0) is 13.9. The molecule has 0 saturated carbocycles. The first-order chi connectivity index (χ1) is 9.74. The maximum Gasteiger partial charge on any atom is 0.225 e. The molecule has 0 aliphatic carbocycles. The summed E-state index contributed by atoms with van der Waals surface area (Å²) in [6.07, 6.45) is 0.115. The molecule has 1 saturated heterocycles. The monoisotopic (exact) mass is 291 g/mol. The van der Waals surface area contributed by atoms with E-state index in [0.29, 0.717) is 13.2 Å². The van der Waals surface area contributed by atoms with E-state index >= 15 is 0 Å². The number of nitrogens with one attached hydrogen (secondary N) is 1. The third-order valence-electron chi connectivity index (χ3n) is 3.54. The van der Waals surface area contributed by atoms with Gasteiger partial charge in [-0.05, 0) is 23.9 Å². The number of amides is 1. The maximum absolute atomic E-state index is 11.9. The summed E-state index contributed by atoms with van der Waals surface area (Å²) in [6, 6.07) is 10.0. The van der Waals surface area contributed by atoms with Gasteiger partial charge in [-0.1, -0.05) is 18.2 Å². The maximum atomic E-state index is 11.9. The molecule has 2 atom stereocenters. The van der Waals surface area contributed by atoms with Gasteiger partial charge in [-0.3, -0.25) is 4.79 Å². The zero-order valence-corrected chi connectivity index (χ0v) is 11.9. The van der Waals surface area contributed by atoms with Crippen molar-refractivity contribution < 1.29 is 14.6 Å². The van der Waals surface area contributed by atoms with Crippen LogP contribution in [0.25, 0.3) is 10.1 Å². The van der Waals surface area contributed by atoms with Crippen molar-refractivity contribution in [3.63, 3.8) is 0 Å². The normalized spacial score (nSPS) is 20.1. The van der Waals surface area contributed by atoms with Crippen molar-refractivity contribution in [3.05, 3.63) is 35.2 Å². The standard InChI is InChI=1S/C15H17NO3S/c17-12(8-16-15(18)11-5-6-19-9-11)14-7-10-3-1-2-4-13(10)20-14/h1-4,7,11-12,17H,5-6,8-9H2,(H,16,18). The number of hydrogen-bond acceptors (Lipinski definition) is 4. The molecule has 106 valence electrons. The van der Waals surface area contributed by atoms with Crippen LogP contribution in [-0.4, -0.2) is 30.8 Å². The Hall–Kier alpha value is -1.43. The molecule has 0 bridgehead atoms. The highest BCUT2D eigenvalue weighted by Crippen LogP contribution is 2.29. The SMILES string of the molecule is O=C(NCC(O)c1cc2ccccc2s1)C1CCOC1. The van der Waals surface area contributed by atoms with Gasteiger partial charge in [-0.2, -0.15) is 0 Å². The predicted octanol–water partition coefficient (Wildman–Crippen LogP) is 2.09. The van der Waals surface area contributed by atoms with Gasteiger partial charge in [-0.15, -0.1) is 11.3 Å². The number of ether oxygens (including phenoxy) is 1. The summed E-state index contributed by atoms with van der Waals surface area (Å²) in [5.41, 5.74) is 0. The molecule has 3 rings (SSSR count). The number of carbonyl (C=O) groups is 1. The summed E-state index contributed by atoms with van der Waals surface area (Å²) in [5.74, 6) is -0.0905. The molecule has 1 aromatic heterocycles. The quantitative estimate of drug-likeness (QED) is 0.907. The molecule has 1 aliphatic heterocycles. The van der Waals surface area contributed by atoms with Crippen LogP contribution >= 0.6 is 11.3 Å². The second-order valence-electron chi connectivity index (χ2n) is 5.01. The van der Waals surface area contributed by atoms with E-state index in [1.807, 2.05) is 30.3 Å². The lowest BCUT2D eigenvalue weighted by molar-refractivity contribution is -0.125. The first-order valence-electron chi connectivity index (χ1n) is 6.76. The smallest absolute Gasteiger partial charge is 0.225 e. The van der Waals surface area contributed by atoms with Gasteiger partial charge in [0, 0.05) is 22.7 Å². The van der Waals surface area contributed by atoms with Crippen molar-refractivity contribution in [2.45, 2.75) is 12.5 Å². The number of hydrogen-bond donors (Lipinski definition) is 2. The fourth-order valence-corrected chi connectivity index (χ4v) is 3.40. The van der Waals surface area contributed by atoms with Crippen LogP contribution in [0.1, 0.15) is 17.4 Å². The number of thiophene rings is 1. The summed E-state index contributed by atoms with van der Waals surface area (Å²) in [4.78, 5) is 12.7. The van der Waals surface area contributed by atoms with Crippen LogP contribution in [0.3, 0.4) is 0 Å². The minimum Gasteiger partial charge on any atom is -0.386 e. The predicted molar refractivity (Wildman–Crippen MR) is 78.7 cm³/mol. The summed E-state index contributed by atoms with van der Waals surface area (Å²) in [7, 11) is 0. The lowest BCUT2D eigenvalue weighted by atomic mass is 10.1. The van der Waals surface area contributed by atoms with E-state index in [1.54, 1.807) is 11.3 Å². The minimum atomic E-state index is -0.654. The number of aliphatic hydroxyl groups excluding tert-OH is 1. The van der Waals surface area contributed by atoms with Crippen molar-refractivity contribution in [3.8, 4) is 0 Å². The molecule has 0 radical (unpaired) electrons. The zero-order valence-electron chi connectivity index (χ0n) is 11.0. The number of carbonyl (C=O) groups excluding carboxylic acids is 1. The Morgan fingerprint density at radius 3 is 3.10 bits per heavy atom. The summed E-state index contributed by atoms with van der Waals surface area (Å²) in [6.45, 7) is 1.39. The van der Waals surface area contributed by atoms with Crippen LogP contribution in [0.15, 0.2) is 30.3 Å². The summed E-state index contributed by atoms with van der Waals surface area (Å²) in [5, 5.41) is 14.1. The van der Waals surface area contributed by atoms with Crippen molar-refractivity contribution in [1.29, 1.82) is 0 Å². The Bertz CT molecular complexity index is 571. The van der Waals surface area contributed by atoms with E-state index in [4.69, 9.17) is 4.74 Å². The van der Waals surface area contributed by atoms with Crippen molar-refractivity contribution in [2.24, 2.45) is 5.92 Å². The summed E-state index contributed by atoms with van der Waals surface area (Å²) < 4.78 is 6.34. The van der Waals surface area contributed by atoms with Gasteiger partial charge in [0.1, 0.15) is 6.10 Å². The molecule has 20 heavy (non-hydrogen) atoms. The van der Waals surface area contributed by atoms with Crippen LogP contribution in [0.5, 0.6) is 0 Å². The Labute approximate surface area is 121 Å². The largest absolute Gasteiger partial charge is 0.386 e. The van der Waals surface area contributed by atoms with Gasteiger partial charge < -0.3 is 15.2 Å². The second kappa shape index (κ2) is 5.91. The number of fused-ring (bicyclic) bond motifs is 1. The lowest BCUT2D eigenvalue weighted by Gasteiger charge is -2.12. The van der Waals surface area contributed by atoms with Gasteiger partial charge in [0.2, 0.25) is 5.91 Å². The summed E-state index contributed by atoms with van der Waals surface area (Å²) >= 11 is 1.56. The van der Waals surface area contributed by atoms with E-state index in [2.05, 4.69) is 5.32 Å². The van der Waals surface area contributed by atoms with Crippen molar-refractivity contribution >= 4 is 27.3 Å². The van der Waals surface area contributed by atoms with E-state index in [9.17, 15) is 9.90 Å². The third-order valence-corrected chi connectivity index (χ3v) is 4.76. The first kappa shape index (κ1) is 13.5.